The van der Waals surface area contributed by atoms with Crippen molar-refractivity contribution in [2.45, 2.75) is 129 Å². The Morgan fingerprint density at radius 3 is 1.56 bits per heavy atom. The molecule has 0 heterocycles. The first kappa shape index (κ1) is 24.1. The number of carbonyl (C=O) groups is 1. The molecule has 0 radical (unpaired) electrons. The molecule has 0 atom stereocenters. The van der Waals surface area contributed by atoms with Gasteiger partial charge in [0.05, 0.1) is 0 Å². The topological polar surface area (TPSA) is 41.5 Å². The first-order chi connectivity index (χ1) is 12.3. The average molecular weight is 353 g/mol. The Kier molecular flexibility index (Phi) is 20.5. The summed E-state index contributed by atoms with van der Waals surface area (Å²) in [5.74, 6) is 0.0575. The van der Waals surface area contributed by atoms with E-state index in [1.807, 2.05) is 0 Å². The monoisotopic (exact) mass is 352 g/mol. The fourth-order valence-electron chi connectivity index (χ4n) is 3.02. The molecule has 0 saturated carbocycles. The highest BCUT2D eigenvalue weighted by molar-refractivity contribution is 5.76. The Balaban J connectivity index is 3.12. The highest BCUT2D eigenvalue weighted by atomic mass is 16.2. The first-order valence-corrected chi connectivity index (χ1v) is 11.1. The molecule has 0 aliphatic rings. The fourth-order valence-corrected chi connectivity index (χ4v) is 3.02. The zero-order valence-electron chi connectivity index (χ0n) is 17.2. The SMILES string of the molecule is CCC/C=N\NC(=O)CCCCCCCCCCCCCCCCC. The van der Waals surface area contributed by atoms with Crippen LogP contribution in [-0.2, 0) is 4.79 Å². The van der Waals surface area contributed by atoms with Crippen molar-refractivity contribution in [3.63, 3.8) is 0 Å². The molecule has 3 nitrogen and oxygen atoms in total. The van der Waals surface area contributed by atoms with E-state index in [2.05, 4.69) is 24.4 Å². The summed E-state index contributed by atoms with van der Waals surface area (Å²) in [6, 6.07) is 0. The van der Waals surface area contributed by atoms with Crippen molar-refractivity contribution in [3.8, 4) is 0 Å². The number of hydrazone groups is 1. The smallest absolute Gasteiger partial charge is 0.240 e. The predicted octanol–water partition coefficient (Wildman–Crippen LogP) is 7.15. The van der Waals surface area contributed by atoms with Gasteiger partial charge in [0, 0.05) is 12.6 Å². The van der Waals surface area contributed by atoms with Crippen molar-refractivity contribution in [3.05, 3.63) is 0 Å². The molecular formula is C22H44N2O. The molecule has 0 aromatic rings. The third kappa shape index (κ3) is 21.1. The van der Waals surface area contributed by atoms with E-state index in [-0.39, 0.29) is 5.91 Å². The number of hydrogen-bond acceptors (Lipinski definition) is 2. The van der Waals surface area contributed by atoms with Crippen LogP contribution in [0.15, 0.2) is 5.10 Å². The number of rotatable bonds is 19. The van der Waals surface area contributed by atoms with Gasteiger partial charge in [-0.3, -0.25) is 4.79 Å². The van der Waals surface area contributed by atoms with Gasteiger partial charge in [0.25, 0.3) is 0 Å². The van der Waals surface area contributed by atoms with Gasteiger partial charge in [0.1, 0.15) is 0 Å². The molecule has 0 aliphatic heterocycles. The first-order valence-electron chi connectivity index (χ1n) is 11.1. The quantitative estimate of drug-likeness (QED) is 0.150. The molecule has 25 heavy (non-hydrogen) atoms. The maximum absolute atomic E-state index is 11.5. The Morgan fingerprint density at radius 1 is 0.680 bits per heavy atom. The van der Waals surface area contributed by atoms with Gasteiger partial charge < -0.3 is 0 Å². The van der Waals surface area contributed by atoms with Crippen LogP contribution in [0.2, 0.25) is 0 Å². The molecule has 0 saturated heterocycles. The van der Waals surface area contributed by atoms with Crippen LogP contribution in [0.4, 0.5) is 0 Å². The van der Waals surface area contributed by atoms with Gasteiger partial charge in [0.15, 0.2) is 0 Å². The standard InChI is InChI=1S/C22H44N2O/c1-3-5-7-8-9-10-11-12-13-14-15-16-17-18-19-20-22(25)24-23-21-6-4-2/h21H,3-20H2,1-2H3,(H,24,25)/b23-21-. The molecule has 0 aromatic heterocycles. The number of unbranched alkanes of at least 4 members (excludes halogenated alkanes) is 15. The minimum atomic E-state index is 0.0575. The lowest BCUT2D eigenvalue weighted by atomic mass is 10.0. The van der Waals surface area contributed by atoms with Crippen LogP contribution in [-0.4, -0.2) is 12.1 Å². The van der Waals surface area contributed by atoms with Gasteiger partial charge in [-0.1, -0.05) is 110 Å². The van der Waals surface area contributed by atoms with Crippen molar-refractivity contribution >= 4 is 12.1 Å². The Hall–Kier alpha value is -0.860. The Bertz CT molecular complexity index is 302. The minimum absolute atomic E-state index is 0.0575. The molecule has 0 fully saturated rings. The summed E-state index contributed by atoms with van der Waals surface area (Å²) in [5.41, 5.74) is 2.60. The molecule has 3 heteroatoms. The summed E-state index contributed by atoms with van der Waals surface area (Å²) in [6.07, 6.45) is 24.7. The van der Waals surface area contributed by atoms with Crippen LogP contribution in [0.1, 0.15) is 129 Å². The van der Waals surface area contributed by atoms with E-state index < -0.39 is 0 Å². The molecular weight excluding hydrogens is 308 g/mol. The summed E-state index contributed by atoms with van der Waals surface area (Å²) in [4.78, 5) is 11.5. The van der Waals surface area contributed by atoms with Crippen molar-refractivity contribution in [1.82, 2.24) is 5.43 Å². The highest BCUT2D eigenvalue weighted by Crippen LogP contribution is 2.13. The molecule has 0 aliphatic carbocycles. The minimum Gasteiger partial charge on any atom is -0.273 e. The second-order valence-corrected chi connectivity index (χ2v) is 7.34. The Morgan fingerprint density at radius 2 is 1.12 bits per heavy atom. The number of nitrogens with zero attached hydrogens (tertiary/aromatic N) is 1. The second kappa shape index (κ2) is 21.2. The van der Waals surface area contributed by atoms with E-state index in [1.165, 1.54) is 89.9 Å². The lowest BCUT2D eigenvalue weighted by molar-refractivity contribution is -0.121. The molecule has 0 unspecified atom stereocenters. The highest BCUT2D eigenvalue weighted by Gasteiger charge is 1.99. The molecule has 148 valence electrons. The van der Waals surface area contributed by atoms with Crippen molar-refractivity contribution in [1.29, 1.82) is 0 Å². The van der Waals surface area contributed by atoms with Gasteiger partial charge >= 0.3 is 0 Å². The zero-order valence-corrected chi connectivity index (χ0v) is 17.2. The van der Waals surface area contributed by atoms with E-state index in [4.69, 9.17) is 0 Å². The fraction of sp³-hybridized carbons (Fsp3) is 0.909. The number of hydrogen-bond donors (Lipinski definition) is 1. The molecule has 0 bridgehead atoms. The van der Waals surface area contributed by atoms with E-state index in [1.54, 1.807) is 6.21 Å². The van der Waals surface area contributed by atoms with Crippen LogP contribution in [0, 0.1) is 0 Å². The third-order valence-corrected chi connectivity index (χ3v) is 4.71. The van der Waals surface area contributed by atoms with Crippen molar-refractivity contribution in [2.24, 2.45) is 5.10 Å². The maximum Gasteiger partial charge on any atom is 0.240 e. The number of amides is 1. The van der Waals surface area contributed by atoms with E-state index in [0.717, 1.165) is 19.3 Å². The van der Waals surface area contributed by atoms with Crippen LogP contribution >= 0.6 is 0 Å². The van der Waals surface area contributed by atoms with Crippen molar-refractivity contribution in [2.75, 3.05) is 0 Å². The largest absolute Gasteiger partial charge is 0.273 e. The normalized spacial score (nSPS) is 11.3. The van der Waals surface area contributed by atoms with E-state index >= 15 is 0 Å². The molecule has 1 N–H and O–H groups in total. The lowest BCUT2D eigenvalue weighted by Gasteiger charge is -2.03. The third-order valence-electron chi connectivity index (χ3n) is 4.71. The summed E-state index contributed by atoms with van der Waals surface area (Å²) < 4.78 is 0. The van der Waals surface area contributed by atoms with Crippen LogP contribution < -0.4 is 5.43 Å². The van der Waals surface area contributed by atoms with Crippen molar-refractivity contribution < 1.29 is 4.79 Å². The summed E-state index contributed by atoms with van der Waals surface area (Å²) in [5, 5.41) is 3.92. The molecule has 0 spiro atoms. The van der Waals surface area contributed by atoms with Crippen LogP contribution in [0.3, 0.4) is 0 Å². The lowest BCUT2D eigenvalue weighted by Crippen LogP contribution is -2.16. The maximum atomic E-state index is 11.5. The van der Waals surface area contributed by atoms with Gasteiger partial charge in [-0.05, 0) is 12.8 Å². The zero-order chi connectivity index (χ0) is 18.4. The second-order valence-electron chi connectivity index (χ2n) is 7.34. The van der Waals surface area contributed by atoms with Crippen LogP contribution in [0.5, 0.6) is 0 Å². The average Bonchev–Trinajstić information content (AvgIpc) is 2.62. The number of nitrogens with one attached hydrogen (secondary N) is 1. The molecule has 0 aromatic carbocycles. The summed E-state index contributed by atoms with van der Waals surface area (Å²) in [7, 11) is 0. The van der Waals surface area contributed by atoms with E-state index in [9.17, 15) is 4.79 Å². The van der Waals surface area contributed by atoms with E-state index in [0.29, 0.717) is 6.42 Å². The van der Waals surface area contributed by atoms with Gasteiger partial charge in [0.2, 0.25) is 5.91 Å². The molecule has 1 amide bonds. The predicted molar refractivity (Wildman–Crippen MR) is 111 cm³/mol. The van der Waals surface area contributed by atoms with Gasteiger partial charge in [-0.2, -0.15) is 5.10 Å². The van der Waals surface area contributed by atoms with Gasteiger partial charge in [-0.25, -0.2) is 5.43 Å². The Labute approximate surface area is 157 Å². The molecule has 0 rings (SSSR count). The summed E-state index contributed by atoms with van der Waals surface area (Å²) in [6.45, 7) is 4.38. The van der Waals surface area contributed by atoms with Crippen LogP contribution in [0.25, 0.3) is 0 Å². The number of carbonyl (C=O) groups excluding carboxylic acids is 1. The summed E-state index contributed by atoms with van der Waals surface area (Å²) >= 11 is 0. The van der Waals surface area contributed by atoms with Gasteiger partial charge in [-0.15, -0.1) is 0 Å².